The van der Waals surface area contributed by atoms with Crippen LogP contribution in [0.1, 0.15) is 0 Å². The summed E-state index contributed by atoms with van der Waals surface area (Å²) in [5, 5.41) is 18.0. The van der Waals surface area contributed by atoms with E-state index in [1.54, 1.807) is 0 Å². The molecule has 0 aromatic rings. The standard InChI is InChI=1S/C7H6O4/c8-3-7-2-1-4(9)5(10)6(7)11-7/h1-3,6,9-10H. The lowest BCUT2D eigenvalue weighted by Crippen LogP contribution is -2.18. The van der Waals surface area contributed by atoms with Gasteiger partial charge >= 0.3 is 0 Å². The van der Waals surface area contributed by atoms with Crippen LogP contribution in [0, 0.1) is 0 Å². The zero-order valence-corrected chi connectivity index (χ0v) is 5.52. The molecule has 0 radical (unpaired) electrons. The number of hydrogen-bond donors (Lipinski definition) is 2. The summed E-state index contributed by atoms with van der Waals surface area (Å²) >= 11 is 0. The van der Waals surface area contributed by atoms with Gasteiger partial charge in [0.1, 0.15) is 0 Å². The predicted molar refractivity (Wildman–Crippen MR) is 35.1 cm³/mol. The number of allylic oxidation sites excluding steroid dienone is 1. The SMILES string of the molecule is O=CC12C=CC(O)=C(O)C1O2. The zero-order valence-electron chi connectivity index (χ0n) is 5.52. The number of carbonyl (C=O) groups is 1. The normalized spacial score (nSPS) is 40.2. The summed E-state index contributed by atoms with van der Waals surface area (Å²) in [7, 11) is 0. The monoisotopic (exact) mass is 154 g/mol. The van der Waals surface area contributed by atoms with Gasteiger partial charge in [0, 0.05) is 0 Å². The van der Waals surface area contributed by atoms with Crippen LogP contribution in [0.2, 0.25) is 0 Å². The Morgan fingerprint density at radius 1 is 1.64 bits per heavy atom. The lowest BCUT2D eigenvalue weighted by Gasteiger charge is -2.04. The second kappa shape index (κ2) is 1.65. The van der Waals surface area contributed by atoms with Gasteiger partial charge in [-0.3, -0.25) is 4.79 Å². The second-order valence-corrected chi connectivity index (χ2v) is 2.57. The molecule has 11 heavy (non-hydrogen) atoms. The van der Waals surface area contributed by atoms with Gasteiger partial charge in [0.2, 0.25) is 0 Å². The molecule has 4 nitrogen and oxygen atoms in total. The van der Waals surface area contributed by atoms with Gasteiger partial charge in [-0.25, -0.2) is 0 Å². The fraction of sp³-hybridized carbons (Fsp3) is 0.286. The van der Waals surface area contributed by atoms with Crippen molar-refractivity contribution in [2.45, 2.75) is 11.7 Å². The van der Waals surface area contributed by atoms with Crippen molar-refractivity contribution in [3.63, 3.8) is 0 Å². The van der Waals surface area contributed by atoms with Crippen molar-refractivity contribution < 1.29 is 19.7 Å². The van der Waals surface area contributed by atoms with Crippen molar-refractivity contribution in [1.29, 1.82) is 0 Å². The Morgan fingerprint density at radius 3 is 3.00 bits per heavy atom. The van der Waals surface area contributed by atoms with Crippen LogP contribution >= 0.6 is 0 Å². The van der Waals surface area contributed by atoms with Gasteiger partial charge in [-0.2, -0.15) is 0 Å². The Bertz CT molecular complexity index is 278. The van der Waals surface area contributed by atoms with Gasteiger partial charge in [0.25, 0.3) is 0 Å². The highest BCUT2D eigenvalue weighted by Crippen LogP contribution is 2.43. The Kier molecular flexibility index (Phi) is 0.964. The molecular formula is C7H6O4. The van der Waals surface area contributed by atoms with Gasteiger partial charge in [-0.1, -0.05) is 0 Å². The van der Waals surface area contributed by atoms with Crippen LogP contribution in [0.25, 0.3) is 0 Å². The highest BCUT2D eigenvalue weighted by atomic mass is 16.6. The average Bonchev–Trinajstić information content (AvgIpc) is 2.74. The summed E-state index contributed by atoms with van der Waals surface area (Å²) in [6, 6.07) is 0. The average molecular weight is 154 g/mol. The molecule has 0 bridgehead atoms. The molecule has 1 heterocycles. The zero-order chi connectivity index (χ0) is 8.06. The minimum absolute atomic E-state index is 0.232. The van der Waals surface area contributed by atoms with E-state index in [1.807, 2.05) is 0 Å². The number of fused-ring (bicyclic) bond motifs is 1. The first-order valence-electron chi connectivity index (χ1n) is 3.15. The first kappa shape index (κ1) is 6.42. The third kappa shape index (κ3) is 0.642. The quantitative estimate of drug-likeness (QED) is 0.418. The molecule has 0 saturated carbocycles. The fourth-order valence-corrected chi connectivity index (χ4v) is 1.12. The maximum Gasteiger partial charge on any atom is 0.176 e. The van der Waals surface area contributed by atoms with Crippen molar-refractivity contribution in [1.82, 2.24) is 0 Å². The molecule has 2 unspecified atom stereocenters. The van der Waals surface area contributed by atoms with E-state index in [1.165, 1.54) is 12.2 Å². The summed E-state index contributed by atoms with van der Waals surface area (Å²) < 4.78 is 4.87. The molecule has 58 valence electrons. The van der Waals surface area contributed by atoms with E-state index < -0.39 is 11.7 Å². The third-order valence-corrected chi connectivity index (χ3v) is 1.87. The lowest BCUT2D eigenvalue weighted by atomic mass is 10.0. The fourth-order valence-electron chi connectivity index (χ4n) is 1.12. The van der Waals surface area contributed by atoms with Crippen LogP contribution in [-0.4, -0.2) is 28.2 Å². The molecule has 2 rings (SSSR count). The highest BCUT2D eigenvalue weighted by molar-refractivity contribution is 5.74. The maximum atomic E-state index is 10.4. The highest BCUT2D eigenvalue weighted by Gasteiger charge is 2.60. The number of rotatable bonds is 1. The number of aliphatic hydroxyl groups is 2. The van der Waals surface area contributed by atoms with Crippen LogP contribution < -0.4 is 0 Å². The van der Waals surface area contributed by atoms with Gasteiger partial charge in [-0.05, 0) is 12.2 Å². The molecule has 1 fully saturated rings. The number of aliphatic hydroxyl groups excluding tert-OH is 2. The summed E-state index contributed by atoms with van der Waals surface area (Å²) in [5.74, 6) is -0.496. The second-order valence-electron chi connectivity index (χ2n) is 2.57. The van der Waals surface area contributed by atoms with E-state index in [9.17, 15) is 4.79 Å². The maximum absolute atomic E-state index is 10.4. The number of epoxide rings is 1. The van der Waals surface area contributed by atoms with Crippen molar-refractivity contribution in [2.24, 2.45) is 0 Å². The van der Waals surface area contributed by atoms with Gasteiger partial charge in [0.05, 0.1) is 0 Å². The van der Waals surface area contributed by atoms with Gasteiger partial charge in [-0.15, -0.1) is 0 Å². The molecule has 1 saturated heterocycles. The first-order chi connectivity index (χ1) is 5.19. The molecule has 0 spiro atoms. The van der Waals surface area contributed by atoms with Crippen LogP contribution in [-0.2, 0) is 9.53 Å². The van der Waals surface area contributed by atoms with Crippen LogP contribution in [0.5, 0.6) is 0 Å². The molecule has 0 amide bonds. The largest absolute Gasteiger partial charge is 0.506 e. The number of carbonyl (C=O) groups excluding carboxylic acids is 1. The summed E-state index contributed by atoms with van der Waals surface area (Å²) in [5.41, 5.74) is -0.990. The van der Waals surface area contributed by atoms with Crippen LogP contribution in [0.15, 0.2) is 23.7 Å². The van der Waals surface area contributed by atoms with Crippen molar-refractivity contribution in [3.05, 3.63) is 23.7 Å². The Labute approximate surface area is 62.4 Å². The van der Waals surface area contributed by atoms with E-state index in [-0.39, 0.29) is 11.5 Å². The molecule has 0 aromatic carbocycles. The lowest BCUT2D eigenvalue weighted by molar-refractivity contribution is -0.110. The first-order valence-corrected chi connectivity index (χ1v) is 3.15. The molecule has 0 aromatic heterocycles. The smallest absolute Gasteiger partial charge is 0.176 e. The van der Waals surface area contributed by atoms with E-state index >= 15 is 0 Å². The van der Waals surface area contributed by atoms with Crippen LogP contribution in [0.3, 0.4) is 0 Å². The number of ether oxygens (including phenoxy) is 1. The van der Waals surface area contributed by atoms with Crippen molar-refractivity contribution in [2.75, 3.05) is 0 Å². The predicted octanol–water partition coefficient (Wildman–Crippen LogP) is 0.220. The molecule has 2 N–H and O–H groups in total. The topological polar surface area (TPSA) is 70.1 Å². The number of hydrogen-bond acceptors (Lipinski definition) is 4. The molecular weight excluding hydrogens is 148 g/mol. The van der Waals surface area contributed by atoms with Crippen molar-refractivity contribution >= 4 is 6.29 Å². The van der Waals surface area contributed by atoms with Gasteiger partial charge < -0.3 is 14.9 Å². The Balaban J connectivity index is 2.38. The van der Waals surface area contributed by atoms with E-state index in [4.69, 9.17) is 14.9 Å². The number of aldehydes is 1. The van der Waals surface area contributed by atoms with E-state index in [2.05, 4.69) is 0 Å². The van der Waals surface area contributed by atoms with E-state index in [0.717, 1.165) is 0 Å². The molecule has 2 atom stereocenters. The Hall–Kier alpha value is -1.29. The minimum atomic E-state index is -0.990. The Morgan fingerprint density at radius 2 is 2.36 bits per heavy atom. The summed E-state index contributed by atoms with van der Waals surface area (Å²) in [6.07, 6.45) is 2.63. The molecule has 1 aliphatic heterocycles. The molecule has 4 heteroatoms. The summed E-state index contributed by atoms with van der Waals surface area (Å²) in [6.45, 7) is 0. The van der Waals surface area contributed by atoms with E-state index in [0.29, 0.717) is 6.29 Å². The molecule has 2 aliphatic rings. The van der Waals surface area contributed by atoms with Crippen LogP contribution in [0.4, 0.5) is 0 Å². The molecule has 1 aliphatic carbocycles. The summed E-state index contributed by atoms with van der Waals surface area (Å²) in [4.78, 5) is 10.4. The minimum Gasteiger partial charge on any atom is -0.506 e. The van der Waals surface area contributed by atoms with Crippen molar-refractivity contribution in [3.8, 4) is 0 Å². The third-order valence-electron chi connectivity index (χ3n) is 1.87. The van der Waals surface area contributed by atoms with Gasteiger partial charge in [0.15, 0.2) is 29.5 Å².